The Kier molecular flexibility index (Phi) is 5.64. The number of hydrogen-bond acceptors (Lipinski definition) is 5. The van der Waals surface area contributed by atoms with E-state index in [0.717, 1.165) is 11.5 Å². The zero-order valence-electron chi connectivity index (χ0n) is 13.1. The lowest BCUT2D eigenvalue weighted by molar-refractivity contribution is 0.293. The predicted octanol–water partition coefficient (Wildman–Crippen LogP) is 2.15. The van der Waals surface area contributed by atoms with E-state index in [1.165, 1.54) is 6.07 Å². The van der Waals surface area contributed by atoms with Crippen molar-refractivity contribution in [1.29, 1.82) is 5.26 Å². The zero-order chi connectivity index (χ0) is 16.7. The molecule has 0 aliphatic rings. The number of nitrogens with zero attached hydrogens (tertiary/aromatic N) is 2. The van der Waals surface area contributed by atoms with Gasteiger partial charge in [0.2, 0.25) is 5.43 Å². The van der Waals surface area contributed by atoms with E-state index in [2.05, 4.69) is 0 Å². The van der Waals surface area contributed by atoms with E-state index in [1.807, 2.05) is 34.9 Å². The van der Waals surface area contributed by atoms with Crippen LogP contribution in [-0.4, -0.2) is 24.9 Å². The van der Waals surface area contributed by atoms with Crippen molar-refractivity contribution in [3.8, 4) is 23.3 Å². The largest absolute Gasteiger partial charge is 0.497 e. The second-order valence-electron chi connectivity index (χ2n) is 4.76. The summed E-state index contributed by atoms with van der Waals surface area (Å²) in [6, 6.07) is 10.6. The van der Waals surface area contributed by atoms with Gasteiger partial charge in [-0.3, -0.25) is 4.79 Å². The lowest BCUT2D eigenvalue weighted by Gasteiger charge is -2.14. The average Bonchev–Trinajstić information content (AvgIpc) is 2.57. The molecule has 0 atom stereocenters. The second kappa shape index (κ2) is 7.90. The molecule has 0 aliphatic carbocycles. The topological polar surface area (TPSA) is 73.5 Å². The summed E-state index contributed by atoms with van der Waals surface area (Å²) in [4.78, 5) is 11.8. The number of rotatable bonds is 7. The van der Waals surface area contributed by atoms with Crippen molar-refractivity contribution >= 4 is 0 Å². The van der Waals surface area contributed by atoms with Crippen molar-refractivity contribution in [3.63, 3.8) is 0 Å². The summed E-state index contributed by atoms with van der Waals surface area (Å²) >= 11 is 0. The second-order valence-corrected chi connectivity index (χ2v) is 4.76. The van der Waals surface area contributed by atoms with Crippen molar-refractivity contribution in [1.82, 2.24) is 4.57 Å². The maximum atomic E-state index is 11.8. The van der Waals surface area contributed by atoms with E-state index in [0.29, 0.717) is 18.8 Å². The van der Waals surface area contributed by atoms with Gasteiger partial charge >= 0.3 is 0 Å². The van der Waals surface area contributed by atoms with Gasteiger partial charge in [0, 0.05) is 12.3 Å². The summed E-state index contributed by atoms with van der Waals surface area (Å²) in [7, 11) is 1.61. The third-order valence-corrected chi connectivity index (χ3v) is 3.33. The smallest absolute Gasteiger partial charge is 0.223 e. The molecule has 2 rings (SSSR count). The summed E-state index contributed by atoms with van der Waals surface area (Å²) < 4.78 is 17.8. The Morgan fingerprint density at radius 3 is 2.48 bits per heavy atom. The Bertz CT molecular complexity index is 745. The third kappa shape index (κ3) is 4.27. The molecular formula is C17H18N2O4. The Labute approximate surface area is 134 Å². The van der Waals surface area contributed by atoms with E-state index in [4.69, 9.17) is 19.5 Å². The number of nitriles is 1. The van der Waals surface area contributed by atoms with Gasteiger partial charge in [-0.1, -0.05) is 0 Å². The standard InChI is InChI=1S/C17H18N2O4/c1-13-17(23-11-8-18)16(20)7-9-19(13)10-12-22-15-5-3-14(21-2)4-6-15/h3-7,9H,10-12H2,1-2H3. The molecule has 6 heteroatoms. The molecule has 0 spiro atoms. The summed E-state index contributed by atoms with van der Waals surface area (Å²) in [6.07, 6.45) is 1.69. The SMILES string of the molecule is COc1ccc(OCCn2ccc(=O)c(OCC#N)c2C)cc1. The van der Waals surface area contributed by atoms with Crippen molar-refractivity contribution in [2.75, 3.05) is 20.3 Å². The minimum absolute atomic E-state index is 0.150. The molecule has 1 heterocycles. The highest BCUT2D eigenvalue weighted by atomic mass is 16.5. The van der Waals surface area contributed by atoms with Crippen LogP contribution >= 0.6 is 0 Å². The van der Waals surface area contributed by atoms with Gasteiger partial charge in [0.05, 0.1) is 19.3 Å². The van der Waals surface area contributed by atoms with E-state index >= 15 is 0 Å². The van der Waals surface area contributed by atoms with Gasteiger partial charge in [-0.05, 0) is 31.2 Å². The quantitative estimate of drug-likeness (QED) is 0.783. The molecule has 0 N–H and O–H groups in total. The fraction of sp³-hybridized carbons (Fsp3) is 0.294. The van der Waals surface area contributed by atoms with E-state index in [1.54, 1.807) is 20.2 Å². The molecule has 0 unspecified atom stereocenters. The number of hydrogen-bond donors (Lipinski definition) is 0. The van der Waals surface area contributed by atoms with Crippen LogP contribution in [0, 0.1) is 18.3 Å². The molecule has 120 valence electrons. The monoisotopic (exact) mass is 314 g/mol. The lowest BCUT2D eigenvalue weighted by Crippen LogP contribution is -2.17. The highest BCUT2D eigenvalue weighted by Gasteiger charge is 2.08. The minimum Gasteiger partial charge on any atom is -0.497 e. The number of benzene rings is 1. The van der Waals surface area contributed by atoms with Gasteiger partial charge < -0.3 is 18.8 Å². The molecule has 0 amide bonds. The molecule has 1 aromatic heterocycles. The van der Waals surface area contributed by atoms with Crippen molar-refractivity contribution in [2.24, 2.45) is 0 Å². The Balaban J connectivity index is 2.00. The van der Waals surface area contributed by atoms with E-state index in [-0.39, 0.29) is 17.8 Å². The van der Waals surface area contributed by atoms with Gasteiger partial charge in [0.25, 0.3) is 0 Å². The summed E-state index contributed by atoms with van der Waals surface area (Å²) in [5.74, 6) is 1.72. The van der Waals surface area contributed by atoms with Crippen LogP contribution in [-0.2, 0) is 6.54 Å². The molecule has 0 saturated heterocycles. The van der Waals surface area contributed by atoms with Crippen LogP contribution in [0.2, 0.25) is 0 Å². The highest BCUT2D eigenvalue weighted by molar-refractivity contribution is 5.31. The van der Waals surface area contributed by atoms with E-state index < -0.39 is 0 Å². The Morgan fingerprint density at radius 2 is 1.83 bits per heavy atom. The van der Waals surface area contributed by atoms with Crippen LogP contribution in [0.4, 0.5) is 0 Å². The number of ether oxygens (including phenoxy) is 3. The molecule has 1 aromatic carbocycles. The molecule has 2 aromatic rings. The number of pyridine rings is 1. The third-order valence-electron chi connectivity index (χ3n) is 3.33. The average molecular weight is 314 g/mol. The first-order chi connectivity index (χ1) is 11.2. The zero-order valence-corrected chi connectivity index (χ0v) is 13.1. The van der Waals surface area contributed by atoms with Gasteiger partial charge in [-0.2, -0.15) is 5.26 Å². The molecule has 0 saturated carbocycles. The molecule has 0 fully saturated rings. The van der Waals surface area contributed by atoms with Gasteiger partial charge in [-0.25, -0.2) is 0 Å². The molecule has 23 heavy (non-hydrogen) atoms. The first-order valence-electron chi connectivity index (χ1n) is 7.12. The Morgan fingerprint density at radius 1 is 1.13 bits per heavy atom. The number of methoxy groups -OCH3 is 1. The van der Waals surface area contributed by atoms with Gasteiger partial charge in [0.15, 0.2) is 12.4 Å². The molecule has 0 bridgehead atoms. The molecule has 6 nitrogen and oxygen atoms in total. The van der Waals surface area contributed by atoms with Crippen LogP contribution in [0.15, 0.2) is 41.3 Å². The molecule has 0 aliphatic heterocycles. The first kappa shape index (κ1) is 16.4. The first-order valence-corrected chi connectivity index (χ1v) is 7.12. The maximum Gasteiger partial charge on any atom is 0.223 e. The summed E-state index contributed by atoms with van der Waals surface area (Å²) in [5, 5.41) is 8.57. The van der Waals surface area contributed by atoms with Crippen LogP contribution in [0.5, 0.6) is 17.2 Å². The van der Waals surface area contributed by atoms with Crippen LogP contribution in [0.25, 0.3) is 0 Å². The van der Waals surface area contributed by atoms with Gasteiger partial charge in [0.1, 0.15) is 24.2 Å². The predicted molar refractivity (Wildman–Crippen MR) is 85.0 cm³/mol. The fourth-order valence-electron chi connectivity index (χ4n) is 2.11. The fourth-order valence-corrected chi connectivity index (χ4v) is 2.11. The van der Waals surface area contributed by atoms with Crippen LogP contribution in [0.1, 0.15) is 5.69 Å². The summed E-state index contributed by atoms with van der Waals surface area (Å²) in [6.45, 7) is 2.62. The van der Waals surface area contributed by atoms with Crippen molar-refractivity contribution < 1.29 is 14.2 Å². The Hall–Kier alpha value is -2.94. The summed E-state index contributed by atoms with van der Waals surface area (Å²) in [5.41, 5.74) is 0.441. The van der Waals surface area contributed by atoms with Crippen LogP contribution < -0.4 is 19.6 Å². The number of aromatic nitrogens is 1. The van der Waals surface area contributed by atoms with Crippen LogP contribution in [0.3, 0.4) is 0 Å². The molecule has 0 radical (unpaired) electrons. The molecular weight excluding hydrogens is 296 g/mol. The van der Waals surface area contributed by atoms with E-state index in [9.17, 15) is 4.79 Å². The van der Waals surface area contributed by atoms with Gasteiger partial charge in [-0.15, -0.1) is 0 Å². The maximum absolute atomic E-state index is 11.8. The van der Waals surface area contributed by atoms with Crippen molar-refractivity contribution in [3.05, 3.63) is 52.4 Å². The lowest BCUT2D eigenvalue weighted by atomic mass is 10.3. The minimum atomic E-state index is -0.231. The highest BCUT2D eigenvalue weighted by Crippen LogP contribution is 2.17. The van der Waals surface area contributed by atoms with Crippen molar-refractivity contribution in [2.45, 2.75) is 13.5 Å². The normalized spacial score (nSPS) is 9.96.